The van der Waals surface area contributed by atoms with Crippen LogP contribution in [0.5, 0.6) is 0 Å². The van der Waals surface area contributed by atoms with E-state index in [1.165, 1.54) is 6.47 Å². The minimum absolute atomic E-state index is 0.787. The first kappa shape index (κ1) is 5.82. The number of carbonyl (C=O) groups excluding carboxylic acids is 1. The molecule has 0 saturated heterocycles. The fraction of sp³-hybridized carbons (Fsp3) is 0.667. The second-order valence-electron chi connectivity index (χ2n) is 0.573. The molecule has 0 heterocycles. The molecule has 6 heavy (non-hydrogen) atoms. The van der Waals surface area contributed by atoms with Crippen molar-refractivity contribution in [1.29, 1.82) is 0 Å². The molecule has 3 heteroatoms. The second kappa shape index (κ2) is 4.82. The fourth-order valence-electron chi connectivity index (χ4n) is 0.0830. The molecule has 35 valence electrons. The van der Waals surface area contributed by atoms with Crippen molar-refractivity contribution in [2.24, 2.45) is 0 Å². The van der Waals surface area contributed by atoms with Crippen LogP contribution in [0.4, 0.5) is 0 Å². The molecule has 1 radical (unpaired) electrons. The third-order valence-corrected chi connectivity index (χ3v) is 0.632. The summed E-state index contributed by atoms with van der Waals surface area (Å²) in [5, 5.41) is 0. The molecule has 0 atom stereocenters. The van der Waals surface area contributed by atoms with Crippen LogP contribution in [0.1, 0.15) is 6.92 Å². The highest BCUT2D eigenvalue weighted by Crippen LogP contribution is 1.94. The topological polar surface area (TPSA) is 26.3 Å². The average Bonchev–Trinajstić information content (AvgIpc) is 1.61. The lowest BCUT2D eigenvalue weighted by Gasteiger charge is -1.82. The van der Waals surface area contributed by atoms with Gasteiger partial charge in [-0.15, -0.1) is 0 Å². The zero-order chi connectivity index (χ0) is 4.83. The molecule has 0 aromatic rings. The van der Waals surface area contributed by atoms with Crippen LogP contribution in [-0.4, -0.2) is 12.2 Å². The first-order valence-electron chi connectivity index (χ1n) is 1.57. The SMILES string of the molecule is CCSO[C]=O. The van der Waals surface area contributed by atoms with Crippen LogP contribution in [0.15, 0.2) is 0 Å². The van der Waals surface area contributed by atoms with E-state index in [1.54, 1.807) is 0 Å². The normalized spacial score (nSPS) is 7.50. The smallest absolute Gasteiger partial charge is 0.383 e. The number of rotatable bonds is 3. The lowest BCUT2D eigenvalue weighted by molar-refractivity contribution is 0.475. The van der Waals surface area contributed by atoms with Gasteiger partial charge in [0, 0.05) is 5.75 Å². The van der Waals surface area contributed by atoms with Crippen molar-refractivity contribution >= 4 is 18.5 Å². The Morgan fingerprint density at radius 1 is 2.00 bits per heavy atom. The molecule has 0 N–H and O–H groups in total. The summed E-state index contributed by atoms with van der Waals surface area (Å²) < 4.78 is 4.09. The zero-order valence-corrected chi connectivity index (χ0v) is 4.25. The molecular formula is C3H5O2S. The molecule has 2 nitrogen and oxygen atoms in total. The van der Waals surface area contributed by atoms with Gasteiger partial charge in [0.25, 0.3) is 0 Å². The third kappa shape index (κ3) is 3.82. The Morgan fingerprint density at radius 2 is 2.67 bits per heavy atom. The van der Waals surface area contributed by atoms with Crippen molar-refractivity contribution in [3.05, 3.63) is 0 Å². The first-order chi connectivity index (χ1) is 2.91. The van der Waals surface area contributed by atoms with Crippen LogP contribution in [0.25, 0.3) is 0 Å². The van der Waals surface area contributed by atoms with Crippen LogP contribution in [0, 0.1) is 0 Å². The van der Waals surface area contributed by atoms with E-state index in [2.05, 4.69) is 4.18 Å². The van der Waals surface area contributed by atoms with Crippen molar-refractivity contribution in [1.82, 2.24) is 0 Å². The molecule has 0 aliphatic heterocycles. The van der Waals surface area contributed by atoms with E-state index >= 15 is 0 Å². The summed E-state index contributed by atoms with van der Waals surface area (Å²) >= 11 is 1.08. The maximum Gasteiger partial charge on any atom is 0.430 e. The molecule has 0 spiro atoms. The summed E-state index contributed by atoms with van der Waals surface area (Å²) in [5.74, 6) is 0.787. The van der Waals surface area contributed by atoms with Gasteiger partial charge in [-0.2, -0.15) is 0 Å². The van der Waals surface area contributed by atoms with Gasteiger partial charge >= 0.3 is 6.47 Å². The highest BCUT2D eigenvalue weighted by molar-refractivity contribution is 7.94. The summed E-state index contributed by atoms with van der Waals surface area (Å²) in [6, 6.07) is 0. The van der Waals surface area contributed by atoms with Gasteiger partial charge in [-0.05, 0) is 0 Å². The zero-order valence-electron chi connectivity index (χ0n) is 3.43. The van der Waals surface area contributed by atoms with Gasteiger partial charge in [0.1, 0.15) is 0 Å². The number of hydrogen-bond acceptors (Lipinski definition) is 3. The number of hydrogen-bond donors (Lipinski definition) is 0. The Balaban J connectivity index is 2.49. The Bertz CT molecular complexity index is 37.8. The summed E-state index contributed by atoms with van der Waals surface area (Å²) in [5.41, 5.74) is 0. The Labute approximate surface area is 41.1 Å². The molecule has 0 amide bonds. The largest absolute Gasteiger partial charge is 0.430 e. The van der Waals surface area contributed by atoms with Gasteiger partial charge in [-0.3, -0.25) is 0 Å². The molecule has 0 aliphatic carbocycles. The van der Waals surface area contributed by atoms with Crippen LogP contribution in [0.2, 0.25) is 0 Å². The first-order valence-corrected chi connectivity index (χ1v) is 2.48. The van der Waals surface area contributed by atoms with Crippen molar-refractivity contribution < 1.29 is 8.98 Å². The molecule has 0 aliphatic rings. The van der Waals surface area contributed by atoms with E-state index in [0.717, 1.165) is 17.8 Å². The van der Waals surface area contributed by atoms with Crippen LogP contribution in [-0.2, 0) is 8.98 Å². The lowest BCUT2D eigenvalue weighted by Crippen LogP contribution is -1.71. The maximum atomic E-state index is 9.20. The Kier molecular flexibility index (Phi) is 4.68. The van der Waals surface area contributed by atoms with Gasteiger partial charge in [0.15, 0.2) is 0 Å². The van der Waals surface area contributed by atoms with Gasteiger partial charge in [0.2, 0.25) is 0 Å². The highest BCUT2D eigenvalue weighted by atomic mass is 32.2. The van der Waals surface area contributed by atoms with Gasteiger partial charge < -0.3 is 4.18 Å². The minimum atomic E-state index is 0.787. The van der Waals surface area contributed by atoms with E-state index in [-0.39, 0.29) is 0 Å². The Morgan fingerprint density at radius 3 is 2.83 bits per heavy atom. The van der Waals surface area contributed by atoms with E-state index in [0.29, 0.717) is 0 Å². The van der Waals surface area contributed by atoms with Gasteiger partial charge in [0.05, 0.1) is 12.0 Å². The molecule has 0 unspecified atom stereocenters. The maximum absolute atomic E-state index is 9.20. The van der Waals surface area contributed by atoms with Crippen molar-refractivity contribution in [2.75, 3.05) is 5.75 Å². The van der Waals surface area contributed by atoms with E-state index in [1.807, 2.05) is 6.92 Å². The predicted molar refractivity (Wildman–Crippen MR) is 24.9 cm³/mol. The monoisotopic (exact) mass is 105 g/mol. The van der Waals surface area contributed by atoms with Crippen LogP contribution < -0.4 is 0 Å². The minimum Gasteiger partial charge on any atom is -0.383 e. The third-order valence-electron chi connectivity index (χ3n) is 0.211. The molecule has 0 aromatic carbocycles. The van der Waals surface area contributed by atoms with Crippen molar-refractivity contribution in [3.63, 3.8) is 0 Å². The molecule has 0 bridgehead atoms. The fourth-order valence-corrected chi connectivity index (χ4v) is 0.249. The highest BCUT2D eigenvalue weighted by Gasteiger charge is 1.75. The van der Waals surface area contributed by atoms with Crippen molar-refractivity contribution in [3.8, 4) is 0 Å². The molecular weight excluding hydrogens is 100 g/mol. The van der Waals surface area contributed by atoms with Gasteiger partial charge in [-0.25, -0.2) is 4.79 Å². The van der Waals surface area contributed by atoms with E-state index in [9.17, 15) is 4.79 Å². The molecule has 0 rings (SSSR count). The van der Waals surface area contributed by atoms with Crippen LogP contribution >= 0.6 is 12.0 Å². The summed E-state index contributed by atoms with van der Waals surface area (Å²) in [7, 11) is 0. The quantitative estimate of drug-likeness (QED) is 0.391. The van der Waals surface area contributed by atoms with Crippen LogP contribution in [0.3, 0.4) is 0 Å². The standard InChI is InChI=1S/C3H5O2S/c1-2-6-5-3-4/h2H2,1H3. The van der Waals surface area contributed by atoms with E-state index < -0.39 is 0 Å². The predicted octanol–water partition coefficient (Wildman–Crippen LogP) is 0.738. The molecule has 0 saturated carbocycles. The van der Waals surface area contributed by atoms with Crippen molar-refractivity contribution in [2.45, 2.75) is 6.92 Å². The molecule has 0 fully saturated rings. The van der Waals surface area contributed by atoms with E-state index in [4.69, 9.17) is 0 Å². The summed E-state index contributed by atoms with van der Waals surface area (Å²) in [6.07, 6.45) is 0. The summed E-state index contributed by atoms with van der Waals surface area (Å²) in [4.78, 5) is 9.20. The van der Waals surface area contributed by atoms with Gasteiger partial charge in [-0.1, -0.05) is 6.92 Å². The Hall–Kier alpha value is -0.180. The summed E-state index contributed by atoms with van der Waals surface area (Å²) in [6.45, 7) is 3.17. The average molecular weight is 105 g/mol. The second-order valence-corrected chi connectivity index (χ2v) is 1.55. The lowest BCUT2D eigenvalue weighted by atomic mass is 11.0. The molecule has 0 aromatic heterocycles.